The third-order valence-electron chi connectivity index (χ3n) is 20.3. The van der Waals surface area contributed by atoms with Gasteiger partial charge >= 0.3 is 0 Å². The summed E-state index contributed by atoms with van der Waals surface area (Å²) in [6, 6.07) is 98.9. The summed E-state index contributed by atoms with van der Waals surface area (Å²) in [6.45, 7) is 27.5. The maximum atomic E-state index is 2.69. The lowest BCUT2D eigenvalue weighted by Crippen LogP contribution is -2.61. The molecule has 0 unspecified atom stereocenters. The van der Waals surface area contributed by atoms with Crippen molar-refractivity contribution in [3.05, 3.63) is 299 Å². The van der Waals surface area contributed by atoms with Crippen LogP contribution in [0.25, 0.3) is 33.0 Å². The van der Waals surface area contributed by atoms with E-state index in [0.717, 1.165) is 34.1 Å². The van der Waals surface area contributed by atoms with Crippen LogP contribution in [0.2, 0.25) is 0 Å². The van der Waals surface area contributed by atoms with Gasteiger partial charge in [0.25, 0.3) is 6.71 Å². The Morgan fingerprint density at radius 2 is 0.772 bits per heavy atom. The molecule has 3 aliphatic heterocycles. The van der Waals surface area contributed by atoms with Gasteiger partial charge in [0.05, 0.1) is 5.41 Å². The van der Waals surface area contributed by atoms with E-state index in [4.69, 9.17) is 0 Å². The Kier molecular flexibility index (Phi) is 13.1. The standard InChI is InChI=1S/C87H78BN3S/c1-83(2,3)57-32-40-61(41-33-57)89(62-42-34-58(35-43-62)84(4,5)6)65-48-49-74-76(52-65)90(63-44-36-59(37-45-63)85(7,8)9)78-50-56(67-26-21-23-55-22-13-14-24-66(55)67)51-79-82(78)88(74)75-54-73-69(53-77(75)91(79)64-46-38-60(39-47-64)86(10,11)12)68-25-15-16-27-70(68)87(73)71-28-17-19-30-80(71)92-81-31-20-18-29-72(81)87/h13-54H,1-12H3. The monoisotopic (exact) mass is 1210 g/mol. The quantitative estimate of drug-likeness (QED) is 0.153. The minimum atomic E-state index is -0.576. The number of benzene rings is 12. The van der Waals surface area contributed by atoms with E-state index in [1.807, 2.05) is 11.8 Å². The Labute approximate surface area is 549 Å². The minimum absolute atomic E-state index is 0.00325. The molecule has 16 rings (SSSR count). The van der Waals surface area contributed by atoms with Gasteiger partial charge in [-0.1, -0.05) is 259 Å². The van der Waals surface area contributed by atoms with Gasteiger partial charge in [0.15, 0.2) is 0 Å². The van der Waals surface area contributed by atoms with Gasteiger partial charge in [-0.2, -0.15) is 0 Å². The fourth-order valence-corrected chi connectivity index (χ4v) is 16.7. The van der Waals surface area contributed by atoms with Gasteiger partial charge in [-0.15, -0.1) is 0 Å². The first-order chi connectivity index (χ1) is 44.1. The lowest BCUT2D eigenvalue weighted by atomic mass is 9.33. The predicted octanol–water partition coefficient (Wildman–Crippen LogP) is 22.1. The predicted molar refractivity (Wildman–Crippen MR) is 394 cm³/mol. The number of fused-ring (bicyclic) bond motifs is 14. The van der Waals surface area contributed by atoms with E-state index in [1.54, 1.807) is 0 Å². The Morgan fingerprint density at radius 1 is 0.337 bits per heavy atom. The van der Waals surface area contributed by atoms with E-state index < -0.39 is 5.41 Å². The van der Waals surface area contributed by atoms with Crippen molar-refractivity contribution in [1.82, 2.24) is 0 Å². The lowest BCUT2D eigenvalue weighted by molar-refractivity contribution is 0.590. The van der Waals surface area contributed by atoms with E-state index in [9.17, 15) is 0 Å². The molecule has 0 N–H and O–H groups in total. The first kappa shape index (κ1) is 57.8. The van der Waals surface area contributed by atoms with Gasteiger partial charge in [0.1, 0.15) is 0 Å². The Bertz CT molecular complexity index is 4830. The third-order valence-corrected chi connectivity index (χ3v) is 21.5. The van der Waals surface area contributed by atoms with Crippen molar-refractivity contribution in [2.75, 3.05) is 14.7 Å². The first-order valence-electron chi connectivity index (χ1n) is 32.9. The molecule has 12 aromatic carbocycles. The summed E-state index contributed by atoms with van der Waals surface area (Å²) < 4.78 is 0. The Hall–Kier alpha value is -9.29. The molecule has 3 nitrogen and oxygen atoms in total. The molecule has 5 heteroatoms. The second-order valence-electron chi connectivity index (χ2n) is 30.2. The number of hydrogen-bond acceptors (Lipinski definition) is 4. The van der Waals surface area contributed by atoms with Crippen LogP contribution in [0.3, 0.4) is 0 Å². The molecule has 92 heavy (non-hydrogen) atoms. The van der Waals surface area contributed by atoms with Gasteiger partial charge in [-0.25, -0.2) is 0 Å². The molecule has 0 aromatic heterocycles. The number of anilines is 9. The number of hydrogen-bond donors (Lipinski definition) is 0. The van der Waals surface area contributed by atoms with Gasteiger partial charge in [-0.3, -0.25) is 0 Å². The second-order valence-corrected chi connectivity index (χ2v) is 31.3. The largest absolute Gasteiger partial charge is 0.311 e. The zero-order chi connectivity index (χ0) is 63.4. The highest BCUT2D eigenvalue weighted by molar-refractivity contribution is 7.99. The molecular weight excluding hydrogens is 1130 g/mol. The topological polar surface area (TPSA) is 9.72 Å². The van der Waals surface area contributed by atoms with Crippen LogP contribution in [0.5, 0.6) is 0 Å². The number of nitrogens with zero attached hydrogens (tertiary/aromatic N) is 3. The maximum absolute atomic E-state index is 2.69. The smallest absolute Gasteiger partial charge is 0.252 e. The molecular formula is C87H78BN3S. The van der Waals surface area contributed by atoms with Crippen LogP contribution in [-0.4, -0.2) is 6.71 Å². The fraction of sp³-hybridized carbons (Fsp3) is 0.195. The second kappa shape index (κ2) is 20.9. The van der Waals surface area contributed by atoms with Crippen LogP contribution in [0, 0.1) is 0 Å². The molecule has 0 amide bonds. The van der Waals surface area contributed by atoms with Gasteiger partial charge in [0, 0.05) is 61.0 Å². The van der Waals surface area contributed by atoms with E-state index >= 15 is 0 Å². The summed E-state index contributed by atoms with van der Waals surface area (Å²) in [6.07, 6.45) is 0. The highest BCUT2D eigenvalue weighted by Gasteiger charge is 2.53. The molecule has 0 bridgehead atoms. The third kappa shape index (κ3) is 9.08. The van der Waals surface area contributed by atoms with Crippen molar-refractivity contribution in [3.63, 3.8) is 0 Å². The van der Waals surface area contributed by atoms with Crippen LogP contribution < -0.4 is 31.1 Å². The first-order valence-corrected chi connectivity index (χ1v) is 33.7. The van der Waals surface area contributed by atoms with Crippen molar-refractivity contribution in [2.45, 2.75) is 120 Å². The van der Waals surface area contributed by atoms with E-state index in [1.165, 1.54) is 121 Å². The fourth-order valence-electron chi connectivity index (χ4n) is 15.5. The Morgan fingerprint density at radius 3 is 1.30 bits per heavy atom. The molecule has 0 radical (unpaired) electrons. The summed E-state index contributed by atoms with van der Waals surface area (Å²) in [7, 11) is 0. The van der Waals surface area contributed by atoms with Crippen molar-refractivity contribution in [3.8, 4) is 22.3 Å². The van der Waals surface area contributed by atoms with E-state index in [2.05, 4.69) is 353 Å². The van der Waals surface area contributed by atoms with Crippen molar-refractivity contribution >= 4 is 96.8 Å². The molecule has 3 heterocycles. The van der Waals surface area contributed by atoms with Crippen LogP contribution in [0.1, 0.15) is 128 Å². The summed E-state index contributed by atoms with van der Waals surface area (Å²) in [5.74, 6) is 0. The van der Waals surface area contributed by atoms with Gasteiger partial charge < -0.3 is 14.7 Å². The van der Waals surface area contributed by atoms with E-state index in [-0.39, 0.29) is 28.4 Å². The molecule has 0 atom stereocenters. The SMILES string of the molecule is CC(C)(C)c1ccc(N(c2ccc(C(C)(C)C)cc2)c2ccc3c(c2)N(c2ccc(C(C)(C)C)cc2)c2cc(-c4cccc5ccccc45)cc4c2B3c2cc3c(cc2N4c2ccc(C(C)(C)C)cc2)-c2ccccc2C32c3ccccc3Sc3ccccc32)cc1. The highest BCUT2D eigenvalue weighted by atomic mass is 32.2. The normalized spacial score (nSPS) is 14.3. The van der Waals surface area contributed by atoms with E-state index in [0.29, 0.717) is 0 Å². The zero-order valence-electron chi connectivity index (χ0n) is 55.1. The Balaban J connectivity index is 1.04. The molecule has 0 saturated carbocycles. The molecule has 1 spiro atoms. The summed E-state index contributed by atoms with van der Waals surface area (Å²) in [5, 5.41) is 2.45. The average Bonchev–Trinajstić information content (AvgIpc) is 1.39. The van der Waals surface area contributed by atoms with Gasteiger partial charge in [-0.05, 0) is 207 Å². The van der Waals surface area contributed by atoms with Crippen LogP contribution >= 0.6 is 11.8 Å². The average molecular weight is 1210 g/mol. The van der Waals surface area contributed by atoms with Crippen LogP contribution in [0.4, 0.5) is 51.2 Å². The van der Waals surface area contributed by atoms with Crippen molar-refractivity contribution in [1.29, 1.82) is 0 Å². The molecule has 0 saturated heterocycles. The molecule has 450 valence electrons. The van der Waals surface area contributed by atoms with Crippen LogP contribution in [0.15, 0.2) is 265 Å². The summed E-state index contributed by atoms with van der Waals surface area (Å²) >= 11 is 1.91. The molecule has 12 aromatic rings. The summed E-state index contributed by atoms with van der Waals surface area (Å²) in [4.78, 5) is 10.4. The van der Waals surface area contributed by atoms with Crippen molar-refractivity contribution in [2.24, 2.45) is 0 Å². The minimum Gasteiger partial charge on any atom is -0.311 e. The van der Waals surface area contributed by atoms with Gasteiger partial charge in [0.2, 0.25) is 0 Å². The summed E-state index contributed by atoms with van der Waals surface area (Å²) in [5.41, 5.74) is 28.9. The lowest BCUT2D eigenvalue weighted by Gasteiger charge is -2.46. The van der Waals surface area contributed by atoms with Crippen molar-refractivity contribution < 1.29 is 0 Å². The molecule has 1 aliphatic carbocycles. The highest BCUT2D eigenvalue weighted by Crippen LogP contribution is 2.63. The zero-order valence-corrected chi connectivity index (χ0v) is 55.9. The molecule has 4 aliphatic rings. The van der Waals surface area contributed by atoms with Crippen LogP contribution in [-0.2, 0) is 27.1 Å². The maximum Gasteiger partial charge on any atom is 0.252 e. The molecule has 0 fully saturated rings. The number of rotatable bonds is 6.